The van der Waals surface area contributed by atoms with Gasteiger partial charge in [0.15, 0.2) is 0 Å². The molecule has 3 nitrogen and oxygen atoms in total. The average Bonchev–Trinajstić information content (AvgIpc) is 3.06. The van der Waals surface area contributed by atoms with Crippen molar-refractivity contribution in [1.29, 1.82) is 0 Å². The molecule has 2 bridgehead atoms. The number of rotatable bonds is 5. The number of likely N-dealkylation sites (N-methyl/N-ethyl adjacent to an activating group) is 1. The van der Waals surface area contributed by atoms with Gasteiger partial charge in [-0.05, 0) is 50.3 Å². The van der Waals surface area contributed by atoms with Gasteiger partial charge in [-0.3, -0.25) is 9.88 Å². The molecule has 0 saturated heterocycles. The Kier molecular flexibility index (Phi) is 3.59. The van der Waals surface area contributed by atoms with Crippen LogP contribution >= 0.6 is 0 Å². The highest BCUT2D eigenvalue weighted by atomic mass is 15.2. The standard InChI is InChI=1S/C16H25N3/c1-19(9-7-15-4-2-3-8-18-15)16(12-17)11-13-5-6-14(16)10-13/h2-4,8,13-14H,5-7,9-12,17H2,1H3. The van der Waals surface area contributed by atoms with Crippen molar-refractivity contribution >= 4 is 0 Å². The lowest BCUT2D eigenvalue weighted by atomic mass is 9.79. The fourth-order valence-electron chi connectivity index (χ4n) is 4.34. The van der Waals surface area contributed by atoms with Crippen molar-refractivity contribution in [2.45, 2.75) is 37.6 Å². The molecule has 104 valence electrons. The van der Waals surface area contributed by atoms with Crippen LogP contribution in [0.3, 0.4) is 0 Å². The zero-order chi connectivity index (χ0) is 13.3. The molecule has 1 aromatic rings. The third-order valence-corrected chi connectivity index (χ3v) is 5.49. The third kappa shape index (κ3) is 2.30. The smallest absolute Gasteiger partial charge is 0.0416 e. The summed E-state index contributed by atoms with van der Waals surface area (Å²) in [4.78, 5) is 6.95. The molecule has 3 rings (SSSR count). The number of aromatic nitrogens is 1. The molecule has 2 fully saturated rings. The van der Waals surface area contributed by atoms with E-state index in [4.69, 9.17) is 5.73 Å². The highest BCUT2D eigenvalue weighted by Crippen LogP contribution is 2.52. The van der Waals surface area contributed by atoms with Crippen molar-refractivity contribution in [3.05, 3.63) is 30.1 Å². The van der Waals surface area contributed by atoms with Crippen LogP contribution in [0.1, 0.15) is 31.4 Å². The molecule has 2 N–H and O–H groups in total. The molecule has 3 atom stereocenters. The second kappa shape index (κ2) is 5.22. The molecule has 2 saturated carbocycles. The first-order valence-electron chi connectivity index (χ1n) is 7.56. The minimum atomic E-state index is 0.275. The summed E-state index contributed by atoms with van der Waals surface area (Å²) >= 11 is 0. The Bertz CT molecular complexity index is 419. The highest BCUT2D eigenvalue weighted by Gasteiger charge is 2.51. The molecular formula is C16H25N3. The van der Waals surface area contributed by atoms with Gasteiger partial charge < -0.3 is 5.73 Å². The Hall–Kier alpha value is -0.930. The Morgan fingerprint density at radius 1 is 1.42 bits per heavy atom. The second-order valence-electron chi connectivity index (χ2n) is 6.38. The molecule has 1 heterocycles. The predicted molar refractivity (Wildman–Crippen MR) is 77.8 cm³/mol. The van der Waals surface area contributed by atoms with Gasteiger partial charge in [0.25, 0.3) is 0 Å². The summed E-state index contributed by atoms with van der Waals surface area (Å²) in [6, 6.07) is 6.16. The zero-order valence-corrected chi connectivity index (χ0v) is 11.9. The topological polar surface area (TPSA) is 42.2 Å². The van der Waals surface area contributed by atoms with Crippen molar-refractivity contribution in [1.82, 2.24) is 9.88 Å². The van der Waals surface area contributed by atoms with Gasteiger partial charge in [0.2, 0.25) is 0 Å². The van der Waals surface area contributed by atoms with Crippen LogP contribution in [0, 0.1) is 11.8 Å². The average molecular weight is 259 g/mol. The van der Waals surface area contributed by atoms with E-state index in [-0.39, 0.29) is 5.54 Å². The van der Waals surface area contributed by atoms with E-state index in [1.165, 1.54) is 31.4 Å². The van der Waals surface area contributed by atoms with Crippen LogP contribution in [-0.4, -0.2) is 35.6 Å². The SMILES string of the molecule is CN(CCc1ccccn1)C1(CN)CC2CCC1C2. The predicted octanol–water partition coefficient (Wildman–Crippen LogP) is 2.07. The number of pyridine rings is 1. The van der Waals surface area contributed by atoms with E-state index in [9.17, 15) is 0 Å². The molecule has 2 aliphatic carbocycles. The van der Waals surface area contributed by atoms with E-state index < -0.39 is 0 Å². The zero-order valence-electron chi connectivity index (χ0n) is 11.9. The summed E-state index contributed by atoms with van der Waals surface area (Å²) in [5.74, 6) is 1.77. The first-order valence-corrected chi connectivity index (χ1v) is 7.56. The number of nitrogens with two attached hydrogens (primary N) is 1. The van der Waals surface area contributed by atoms with Gasteiger partial charge >= 0.3 is 0 Å². The van der Waals surface area contributed by atoms with Gasteiger partial charge in [-0.1, -0.05) is 12.5 Å². The lowest BCUT2D eigenvalue weighted by Gasteiger charge is -2.44. The highest BCUT2D eigenvalue weighted by molar-refractivity contribution is 5.09. The normalized spacial score (nSPS) is 33.2. The Balaban J connectivity index is 1.64. The van der Waals surface area contributed by atoms with Crippen molar-refractivity contribution in [3.8, 4) is 0 Å². The number of fused-ring (bicyclic) bond motifs is 2. The quantitative estimate of drug-likeness (QED) is 0.880. The molecule has 2 aliphatic rings. The summed E-state index contributed by atoms with van der Waals surface area (Å²) in [6.45, 7) is 1.88. The summed E-state index contributed by atoms with van der Waals surface area (Å²) in [5, 5.41) is 0. The first-order chi connectivity index (χ1) is 9.24. The maximum absolute atomic E-state index is 6.17. The molecular weight excluding hydrogens is 234 g/mol. The first kappa shape index (κ1) is 13.1. The number of hydrogen-bond acceptors (Lipinski definition) is 3. The fraction of sp³-hybridized carbons (Fsp3) is 0.688. The lowest BCUT2D eigenvalue weighted by Crippen LogP contribution is -2.56. The van der Waals surface area contributed by atoms with E-state index >= 15 is 0 Å². The third-order valence-electron chi connectivity index (χ3n) is 5.49. The van der Waals surface area contributed by atoms with Gasteiger partial charge in [-0.25, -0.2) is 0 Å². The summed E-state index contributed by atoms with van der Waals surface area (Å²) in [5.41, 5.74) is 7.63. The van der Waals surface area contributed by atoms with E-state index in [0.717, 1.165) is 31.3 Å². The minimum absolute atomic E-state index is 0.275. The Morgan fingerprint density at radius 2 is 2.32 bits per heavy atom. The van der Waals surface area contributed by atoms with Gasteiger partial charge in [-0.2, -0.15) is 0 Å². The van der Waals surface area contributed by atoms with E-state index in [2.05, 4.69) is 29.1 Å². The molecule has 0 spiro atoms. The molecule has 0 radical (unpaired) electrons. The maximum Gasteiger partial charge on any atom is 0.0416 e. The van der Waals surface area contributed by atoms with Crippen molar-refractivity contribution < 1.29 is 0 Å². The molecule has 0 aromatic carbocycles. The van der Waals surface area contributed by atoms with Crippen LogP contribution in [0.2, 0.25) is 0 Å². The van der Waals surface area contributed by atoms with Crippen LogP contribution in [-0.2, 0) is 6.42 Å². The molecule has 3 unspecified atom stereocenters. The van der Waals surface area contributed by atoms with Gasteiger partial charge in [0.1, 0.15) is 0 Å². The van der Waals surface area contributed by atoms with Crippen molar-refractivity contribution in [2.75, 3.05) is 20.1 Å². The van der Waals surface area contributed by atoms with Crippen LogP contribution < -0.4 is 5.73 Å². The molecule has 3 heteroatoms. The van der Waals surface area contributed by atoms with E-state index in [0.29, 0.717) is 0 Å². The van der Waals surface area contributed by atoms with Gasteiger partial charge in [0.05, 0.1) is 0 Å². The van der Waals surface area contributed by atoms with Crippen molar-refractivity contribution in [2.24, 2.45) is 17.6 Å². The number of nitrogens with zero attached hydrogens (tertiary/aromatic N) is 2. The van der Waals surface area contributed by atoms with Gasteiger partial charge in [0, 0.05) is 36.9 Å². The molecule has 0 amide bonds. The molecule has 0 aliphatic heterocycles. The van der Waals surface area contributed by atoms with E-state index in [1.54, 1.807) is 0 Å². The second-order valence-corrected chi connectivity index (χ2v) is 6.38. The summed E-state index contributed by atoms with van der Waals surface area (Å²) in [6.07, 6.45) is 8.44. The van der Waals surface area contributed by atoms with Crippen LogP contribution in [0.4, 0.5) is 0 Å². The van der Waals surface area contributed by atoms with Crippen molar-refractivity contribution in [3.63, 3.8) is 0 Å². The summed E-state index contributed by atoms with van der Waals surface area (Å²) in [7, 11) is 2.26. The molecule has 19 heavy (non-hydrogen) atoms. The maximum atomic E-state index is 6.17. The van der Waals surface area contributed by atoms with Crippen LogP contribution in [0.25, 0.3) is 0 Å². The van der Waals surface area contributed by atoms with Gasteiger partial charge in [-0.15, -0.1) is 0 Å². The fourth-order valence-corrected chi connectivity index (χ4v) is 4.34. The van der Waals surface area contributed by atoms with E-state index in [1.807, 2.05) is 12.3 Å². The van der Waals surface area contributed by atoms with Crippen LogP contribution in [0.5, 0.6) is 0 Å². The minimum Gasteiger partial charge on any atom is -0.329 e. The Labute approximate surface area is 116 Å². The monoisotopic (exact) mass is 259 g/mol. The Morgan fingerprint density at radius 3 is 2.89 bits per heavy atom. The number of hydrogen-bond donors (Lipinski definition) is 1. The summed E-state index contributed by atoms with van der Waals surface area (Å²) < 4.78 is 0. The molecule has 1 aromatic heterocycles. The largest absolute Gasteiger partial charge is 0.329 e. The van der Waals surface area contributed by atoms with Crippen LogP contribution in [0.15, 0.2) is 24.4 Å². The lowest BCUT2D eigenvalue weighted by molar-refractivity contribution is 0.0666.